The molecule has 0 aliphatic carbocycles. The number of benzene rings is 1. The van der Waals surface area contributed by atoms with Crippen LogP contribution in [0.25, 0.3) is 0 Å². The fourth-order valence-electron chi connectivity index (χ4n) is 0.952. The molecule has 13 heavy (non-hydrogen) atoms. The Morgan fingerprint density at radius 2 is 1.85 bits per heavy atom. The minimum Gasteiger partial charge on any atom is -0.447 e. The van der Waals surface area contributed by atoms with Crippen LogP contribution in [-0.4, -0.2) is 0 Å². The maximum atomic E-state index is 5.56. The van der Waals surface area contributed by atoms with Crippen LogP contribution in [0.4, 0.5) is 0 Å². The molecule has 2 rings (SSSR count). The SMILES string of the molecule is Sc1ccc(Oc2cccs2)cc1. The zero-order chi connectivity index (χ0) is 9.10. The maximum Gasteiger partial charge on any atom is 0.180 e. The van der Waals surface area contributed by atoms with E-state index in [1.807, 2.05) is 41.8 Å². The summed E-state index contributed by atoms with van der Waals surface area (Å²) in [6.45, 7) is 0. The maximum absolute atomic E-state index is 5.56. The van der Waals surface area contributed by atoms with Crippen molar-refractivity contribution >= 4 is 24.0 Å². The van der Waals surface area contributed by atoms with Crippen LogP contribution in [0.2, 0.25) is 0 Å². The van der Waals surface area contributed by atoms with Gasteiger partial charge in [-0.25, -0.2) is 0 Å². The van der Waals surface area contributed by atoms with Gasteiger partial charge >= 0.3 is 0 Å². The molecule has 0 aliphatic heterocycles. The molecule has 0 fully saturated rings. The van der Waals surface area contributed by atoms with E-state index in [9.17, 15) is 0 Å². The van der Waals surface area contributed by atoms with Crippen LogP contribution in [0.5, 0.6) is 10.8 Å². The van der Waals surface area contributed by atoms with E-state index >= 15 is 0 Å². The Morgan fingerprint density at radius 1 is 1.08 bits per heavy atom. The first-order valence-electron chi connectivity index (χ1n) is 3.85. The summed E-state index contributed by atoms with van der Waals surface area (Å²) in [5, 5.41) is 2.90. The normalized spacial score (nSPS) is 9.92. The van der Waals surface area contributed by atoms with Crippen LogP contribution < -0.4 is 4.74 Å². The molecule has 1 heterocycles. The van der Waals surface area contributed by atoms with Crippen molar-refractivity contribution in [3.8, 4) is 10.8 Å². The van der Waals surface area contributed by atoms with Crippen LogP contribution in [-0.2, 0) is 0 Å². The Kier molecular flexibility index (Phi) is 2.57. The highest BCUT2D eigenvalue weighted by molar-refractivity contribution is 7.80. The number of hydrogen-bond acceptors (Lipinski definition) is 3. The van der Waals surface area contributed by atoms with E-state index in [0.29, 0.717) is 0 Å². The van der Waals surface area contributed by atoms with Gasteiger partial charge in [-0.3, -0.25) is 0 Å². The lowest BCUT2D eigenvalue weighted by molar-refractivity contribution is 0.496. The van der Waals surface area contributed by atoms with Crippen LogP contribution in [0.1, 0.15) is 0 Å². The average molecular weight is 208 g/mol. The second kappa shape index (κ2) is 3.85. The first-order chi connectivity index (χ1) is 6.34. The molecular weight excluding hydrogens is 200 g/mol. The molecule has 66 valence electrons. The molecule has 0 amide bonds. The summed E-state index contributed by atoms with van der Waals surface area (Å²) in [7, 11) is 0. The van der Waals surface area contributed by atoms with Crippen molar-refractivity contribution in [1.82, 2.24) is 0 Å². The summed E-state index contributed by atoms with van der Waals surface area (Å²) in [5.74, 6) is 0.847. The highest BCUT2D eigenvalue weighted by Gasteiger charge is 1.96. The highest BCUT2D eigenvalue weighted by atomic mass is 32.1. The molecular formula is C10H8OS2. The van der Waals surface area contributed by atoms with Gasteiger partial charge in [-0.15, -0.1) is 24.0 Å². The molecule has 1 nitrogen and oxygen atoms in total. The predicted molar refractivity (Wildman–Crippen MR) is 58.1 cm³/mol. The third-order valence-electron chi connectivity index (χ3n) is 1.55. The van der Waals surface area contributed by atoms with Gasteiger partial charge in [0.05, 0.1) is 0 Å². The summed E-state index contributed by atoms with van der Waals surface area (Å²) in [6, 6.07) is 11.5. The second-order valence-electron chi connectivity index (χ2n) is 2.53. The first-order valence-corrected chi connectivity index (χ1v) is 5.18. The molecule has 0 atom stereocenters. The molecule has 1 aromatic carbocycles. The van der Waals surface area contributed by atoms with Gasteiger partial charge in [-0.1, -0.05) is 0 Å². The van der Waals surface area contributed by atoms with Gasteiger partial charge in [-0.05, 0) is 41.8 Å². The van der Waals surface area contributed by atoms with Crippen molar-refractivity contribution in [1.29, 1.82) is 0 Å². The molecule has 0 aliphatic rings. The molecule has 0 spiro atoms. The molecule has 1 aromatic heterocycles. The van der Waals surface area contributed by atoms with Crippen molar-refractivity contribution in [3.05, 3.63) is 41.8 Å². The molecule has 0 saturated carbocycles. The molecule has 3 heteroatoms. The smallest absolute Gasteiger partial charge is 0.180 e. The Labute approximate surface area is 86.4 Å². The minimum absolute atomic E-state index is 0.847. The van der Waals surface area contributed by atoms with Gasteiger partial charge in [0.15, 0.2) is 5.06 Å². The Bertz CT molecular complexity index is 364. The zero-order valence-corrected chi connectivity index (χ0v) is 8.52. The molecule has 0 saturated heterocycles. The molecule has 2 aromatic rings. The van der Waals surface area contributed by atoms with Crippen molar-refractivity contribution in [3.63, 3.8) is 0 Å². The quantitative estimate of drug-likeness (QED) is 0.738. The van der Waals surface area contributed by atoms with Crippen LogP contribution in [0.3, 0.4) is 0 Å². The van der Waals surface area contributed by atoms with Crippen molar-refractivity contribution in [2.24, 2.45) is 0 Å². The van der Waals surface area contributed by atoms with Gasteiger partial charge in [0.2, 0.25) is 0 Å². The Hall–Kier alpha value is -0.930. The van der Waals surface area contributed by atoms with Crippen molar-refractivity contribution < 1.29 is 4.74 Å². The predicted octanol–water partition coefficient (Wildman–Crippen LogP) is 3.83. The fourth-order valence-corrected chi connectivity index (χ4v) is 1.69. The molecule has 0 radical (unpaired) electrons. The zero-order valence-electron chi connectivity index (χ0n) is 6.81. The van der Waals surface area contributed by atoms with Gasteiger partial charge in [0, 0.05) is 4.90 Å². The van der Waals surface area contributed by atoms with E-state index in [1.54, 1.807) is 11.3 Å². The molecule has 0 unspecified atom stereocenters. The topological polar surface area (TPSA) is 9.23 Å². The highest BCUT2D eigenvalue weighted by Crippen LogP contribution is 2.26. The third-order valence-corrected chi connectivity index (χ3v) is 2.59. The van der Waals surface area contributed by atoms with Crippen LogP contribution in [0.15, 0.2) is 46.7 Å². The largest absolute Gasteiger partial charge is 0.447 e. The second-order valence-corrected chi connectivity index (χ2v) is 3.95. The molecule has 0 N–H and O–H groups in total. The standard InChI is InChI=1S/C10H8OS2/c12-9-5-3-8(4-6-9)11-10-2-1-7-13-10/h1-7,12H. The van der Waals surface area contributed by atoms with Gasteiger partial charge < -0.3 is 4.74 Å². The summed E-state index contributed by atoms with van der Waals surface area (Å²) in [4.78, 5) is 0.943. The lowest BCUT2D eigenvalue weighted by Gasteiger charge is -2.01. The van der Waals surface area contributed by atoms with E-state index in [-0.39, 0.29) is 0 Å². The lowest BCUT2D eigenvalue weighted by atomic mass is 10.3. The number of thiophene rings is 1. The van der Waals surface area contributed by atoms with Gasteiger partial charge in [0.1, 0.15) is 5.75 Å². The molecule has 0 bridgehead atoms. The first kappa shape index (κ1) is 8.66. The average Bonchev–Trinajstić information content (AvgIpc) is 2.62. The van der Waals surface area contributed by atoms with Crippen LogP contribution in [0, 0.1) is 0 Å². The van der Waals surface area contributed by atoms with Crippen LogP contribution >= 0.6 is 24.0 Å². The van der Waals surface area contributed by atoms with E-state index in [4.69, 9.17) is 4.74 Å². The summed E-state index contributed by atoms with van der Waals surface area (Å²) < 4.78 is 5.56. The van der Waals surface area contributed by atoms with Gasteiger partial charge in [0.25, 0.3) is 0 Å². The van der Waals surface area contributed by atoms with Crippen molar-refractivity contribution in [2.75, 3.05) is 0 Å². The number of thiol groups is 1. The van der Waals surface area contributed by atoms with E-state index < -0.39 is 0 Å². The number of hydrogen-bond donors (Lipinski definition) is 1. The van der Waals surface area contributed by atoms with Gasteiger partial charge in [-0.2, -0.15) is 0 Å². The third kappa shape index (κ3) is 2.26. The minimum atomic E-state index is 0.847. The Morgan fingerprint density at radius 3 is 2.46 bits per heavy atom. The number of ether oxygens (including phenoxy) is 1. The lowest BCUT2D eigenvalue weighted by Crippen LogP contribution is -1.78. The Balaban J connectivity index is 2.15. The van der Waals surface area contributed by atoms with E-state index in [1.165, 1.54) is 0 Å². The fraction of sp³-hybridized carbons (Fsp3) is 0. The van der Waals surface area contributed by atoms with E-state index in [0.717, 1.165) is 15.7 Å². The van der Waals surface area contributed by atoms with Crippen molar-refractivity contribution in [2.45, 2.75) is 4.90 Å². The number of rotatable bonds is 2. The summed E-state index contributed by atoms with van der Waals surface area (Å²) in [6.07, 6.45) is 0. The monoisotopic (exact) mass is 208 g/mol. The van der Waals surface area contributed by atoms with E-state index in [2.05, 4.69) is 12.6 Å². The summed E-state index contributed by atoms with van der Waals surface area (Å²) >= 11 is 5.77. The summed E-state index contributed by atoms with van der Waals surface area (Å²) in [5.41, 5.74) is 0.